The van der Waals surface area contributed by atoms with Gasteiger partial charge in [-0.3, -0.25) is 9.10 Å². The van der Waals surface area contributed by atoms with E-state index >= 15 is 0 Å². The quantitative estimate of drug-likeness (QED) is 0.210. The van der Waals surface area contributed by atoms with Crippen LogP contribution in [0.3, 0.4) is 0 Å². The van der Waals surface area contributed by atoms with Crippen LogP contribution in [0.15, 0.2) is 82.8 Å². The molecule has 7 nitrogen and oxygen atoms in total. The lowest BCUT2D eigenvalue weighted by molar-refractivity contribution is -0.119. The smallest absolute Gasteiger partial charge is 0.264 e. The fourth-order valence-corrected chi connectivity index (χ4v) is 5.82. The van der Waals surface area contributed by atoms with Crippen LogP contribution in [0.2, 0.25) is 5.02 Å². The van der Waals surface area contributed by atoms with E-state index in [9.17, 15) is 13.2 Å². The van der Waals surface area contributed by atoms with Crippen molar-refractivity contribution in [2.75, 3.05) is 10.8 Å². The van der Waals surface area contributed by atoms with Gasteiger partial charge in [-0.25, -0.2) is 13.8 Å². The maximum absolute atomic E-state index is 13.6. The normalized spacial score (nSPS) is 11.6. The molecule has 1 aromatic heterocycles. The van der Waals surface area contributed by atoms with E-state index < -0.39 is 22.5 Å². The highest BCUT2D eigenvalue weighted by Crippen LogP contribution is 2.26. The number of hydrogen-bond donors (Lipinski definition) is 1. The highest BCUT2D eigenvalue weighted by Gasteiger charge is 2.27. The minimum absolute atomic E-state index is 0.109. The maximum atomic E-state index is 13.6. The number of nitrogens with one attached hydrogen (secondary N) is 1. The first-order valence-corrected chi connectivity index (χ1v) is 14.2. The van der Waals surface area contributed by atoms with E-state index in [0.29, 0.717) is 10.7 Å². The molecule has 0 radical (unpaired) electrons. The first-order valence-electron chi connectivity index (χ1n) is 12.4. The summed E-state index contributed by atoms with van der Waals surface area (Å²) in [5.41, 5.74) is 9.50. The molecule has 3 aromatic carbocycles. The number of carbonyl (C=O) groups excluding carboxylic acids is 1. The number of halogens is 1. The van der Waals surface area contributed by atoms with Gasteiger partial charge in [-0.05, 0) is 100 Å². The Labute approximate surface area is 234 Å². The van der Waals surface area contributed by atoms with Gasteiger partial charge in [-0.1, -0.05) is 35.4 Å². The van der Waals surface area contributed by atoms with Gasteiger partial charge in [0.25, 0.3) is 15.9 Å². The third kappa shape index (κ3) is 6.24. The molecular weight excluding hydrogens is 532 g/mol. The Balaban J connectivity index is 1.57. The number of amides is 1. The van der Waals surface area contributed by atoms with E-state index in [1.165, 1.54) is 0 Å². The van der Waals surface area contributed by atoms with E-state index in [0.717, 1.165) is 43.6 Å². The minimum Gasteiger partial charge on any atom is -0.318 e. The summed E-state index contributed by atoms with van der Waals surface area (Å²) in [4.78, 5) is 13.1. The molecule has 1 N–H and O–H groups in total. The lowest BCUT2D eigenvalue weighted by atomic mass is 10.1. The molecule has 1 amide bonds. The maximum Gasteiger partial charge on any atom is 0.264 e. The van der Waals surface area contributed by atoms with Gasteiger partial charge in [0.1, 0.15) is 6.54 Å². The van der Waals surface area contributed by atoms with E-state index in [-0.39, 0.29) is 4.90 Å². The molecule has 0 spiro atoms. The van der Waals surface area contributed by atoms with E-state index in [1.807, 2.05) is 71.0 Å². The minimum atomic E-state index is -4.01. The van der Waals surface area contributed by atoms with Crippen LogP contribution < -0.4 is 9.73 Å². The Kier molecular flexibility index (Phi) is 8.28. The van der Waals surface area contributed by atoms with Crippen molar-refractivity contribution in [2.45, 2.75) is 39.5 Å². The van der Waals surface area contributed by atoms with Crippen LogP contribution in [0, 0.1) is 34.6 Å². The summed E-state index contributed by atoms with van der Waals surface area (Å²) >= 11 is 6.03. The monoisotopic (exact) mass is 562 g/mol. The van der Waals surface area contributed by atoms with Gasteiger partial charge in [0.15, 0.2) is 0 Å². The number of benzene rings is 3. The summed E-state index contributed by atoms with van der Waals surface area (Å²) in [6.45, 7) is 9.24. The van der Waals surface area contributed by atoms with Crippen LogP contribution in [-0.4, -0.2) is 31.7 Å². The number of carbonyl (C=O) groups is 1. The highest BCUT2D eigenvalue weighted by atomic mass is 35.5. The van der Waals surface area contributed by atoms with Gasteiger partial charge in [-0.15, -0.1) is 0 Å². The second kappa shape index (κ2) is 11.5. The lowest BCUT2D eigenvalue weighted by Crippen LogP contribution is -2.39. The zero-order chi connectivity index (χ0) is 28.3. The summed E-state index contributed by atoms with van der Waals surface area (Å²) in [7, 11) is -4.01. The summed E-state index contributed by atoms with van der Waals surface area (Å²) in [6.07, 6.45) is 1.56. The molecule has 4 aromatic rings. The van der Waals surface area contributed by atoms with E-state index in [1.54, 1.807) is 42.6 Å². The van der Waals surface area contributed by atoms with Crippen LogP contribution in [0.1, 0.15) is 33.6 Å². The van der Waals surface area contributed by atoms with Crippen molar-refractivity contribution in [3.05, 3.63) is 111 Å². The third-order valence-corrected chi connectivity index (χ3v) is 8.66. The molecule has 0 aliphatic heterocycles. The first-order chi connectivity index (χ1) is 18.5. The zero-order valence-electron chi connectivity index (χ0n) is 22.6. The van der Waals surface area contributed by atoms with Crippen LogP contribution in [-0.2, 0) is 14.8 Å². The van der Waals surface area contributed by atoms with Gasteiger partial charge in [0.05, 0.1) is 16.8 Å². The zero-order valence-corrected chi connectivity index (χ0v) is 24.1. The average molecular weight is 563 g/mol. The Morgan fingerprint density at radius 3 is 2.23 bits per heavy atom. The lowest BCUT2D eigenvalue weighted by Gasteiger charge is -2.24. The van der Waals surface area contributed by atoms with Crippen LogP contribution in [0.25, 0.3) is 5.69 Å². The molecule has 0 saturated carbocycles. The number of aromatic nitrogens is 1. The van der Waals surface area contributed by atoms with Crippen molar-refractivity contribution in [3.63, 3.8) is 0 Å². The van der Waals surface area contributed by atoms with Crippen molar-refractivity contribution in [2.24, 2.45) is 5.10 Å². The van der Waals surface area contributed by atoms with E-state index in [2.05, 4.69) is 15.1 Å². The molecule has 9 heteroatoms. The van der Waals surface area contributed by atoms with Crippen molar-refractivity contribution < 1.29 is 13.2 Å². The predicted molar refractivity (Wildman–Crippen MR) is 158 cm³/mol. The molecule has 0 unspecified atom stereocenters. The molecule has 0 aliphatic rings. The predicted octanol–water partition coefficient (Wildman–Crippen LogP) is 6.02. The number of anilines is 1. The van der Waals surface area contributed by atoms with Gasteiger partial charge in [-0.2, -0.15) is 5.10 Å². The van der Waals surface area contributed by atoms with Crippen molar-refractivity contribution in [1.29, 1.82) is 0 Å². The van der Waals surface area contributed by atoms with Gasteiger partial charge < -0.3 is 4.57 Å². The fraction of sp³-hybridized carbons (Fsp3) is 0.200. The van der Waals surface area contributed by atoms with Crippen molar-refractivity contribution in [1.82, 2.24) is 9.99 Å². The van der Waals surface area contributed by atoms with Gasteiger partial charge >= 0.3 is 0 Å². The van der Waals surface area contributed by atoms with Crippen LogP contribution in [0.5, 0.6) is 0 Å². The highest BCUT2D eigenvalue weighted by molar-refractivity contribution is 7.92. The number of aryl methyl sites for hydroxylation is 4. The molecule has 0 saturated heterocycles. The molecule has 0 aliphatic carbocycles. The molecule has 0 fully saturated rings. The number of sulfonamides is 1. The summed E-state index contributed by atoms with van der Waals surface area (Å²) in [6, 6.07) is 21.4. The number of rotatable bonds is 8. The molecule has 202 valence electrons. The van der Waals surface area contributed by atoms with Crippen molar-refractivity contribution in [3.8, 4) is 5.69 Å². The van der Waals surface area contributed by atoms with Crippen LogP contribution >= 0.6 is 11.6 Å². The largest absolute Gasteiger partial charge is 0.318 e. The Bertz CT molecular complexity index is 1640. The third-order valence-electron chi connectivity index (χ3n) is 6.62. The summed E-state index contributed by atoms with van der Waals surface area (Å²) in [5, 5.41) is 4.79. The second-order valence-electron chi connectivity index (χ2n) is 9.52. The average Bonchev–Trinajstić information content (AvgIpc) is 3.17. The van der Waals surface area contributed by atoms with Gasteiger partial charge in [0, 0.05) is 27.7 Å². The second-order valence-corrected chi connectivity index (χ2v) is 11.8. The van der Waals surface area contributed by atoms with Crippen LogP contribution in [0.4, 0.5) is 5.69 Å². The number of hydrogen-bond acceptors (Lipinski definition) is 4. The van der Waals surface area contributed by atoms with Crippen molar-refractivity contribution >= 4 is 39.4 Å². The molecule has 4 rings (SSSR count). The molecule has 0 bridgehead atoms. The topological polar surface area (TPSA) is 83.8 Å². The SMILES string of the molecule is Cc1ccc(S(=O)(=O)N(CC(=O)N/N=C\c2cc(C)n(-c3ccc(Cl)cc3)c2C)c2ccc(C)c(C)c2)cc1. The number of nitrogens with zero attached hydrogens (tertiary/aromatic N) is 3. The molecule has 0 atom stereocenters. The standard InChI is InChI=1S/C30H31ClN4O3S/c1-20-6-14-29(15-7-20)39(37,38)34(28-11-8-21(2)22(3)16-28)19-30(36)33-32-18-25-17-23(4)35(24(25)5)27-12-9-26(31)10-13-27/h6-18H,19H2,1-5H3,(H,33,36)/b32-18-. The summed E-state index contributed by atoms with van der Waals surface area (Å²) in [5.74, 6) is -0.563. The Morgan fingerprint density at radius 2 is 1.59 bits per heavy atom. The Hall–Kier alpha value is -3.88. The summed E-state index contributed by atoms with van der Waals surface area (Å²) < 4.78 is 30.4. The first kappa shape index (κ1) is 28.1. The fourth-order valence-electron chi connectivity index (χ4n) is 4.28. The van der Waals surface area contributed by atoms with E-state index in [4.69, 9.17) is 11.6 Å². The Morgan fingerprint density at radius 1 is 0.923 bits per heavy atom. The molecular formula is C30H31ClN4O3S. The number of hydrazone groups is 1. The van der Waals surface area contributed by atoms with Gasteiger partial charge in [0.2, 0.25) is 0 Å². The molecule has 39 heavy (non-hydrogen) atoms. The molecule has 1 heterocycles.